The lowest BCUT2D eigenvalue weighted by atomic mass is 10.1. The van der Waals surface area contributed by atoms with Crippen LogP contribution in [0.5, 0.6) is 0 Å². The van der Waals surface area contributed by atoms with Crippen LogP contribution < -0.4 is 5.73 Å². The summed E-state index contributed by atoms with van der Waals surface area (Å²) >= 11 is 1.71. The lowest BCUT2D eigenvalue weighted by Crippen LogP contribution is -1.91. The van der Waals surface area contributed by atoms with Gasteiger partial charge in [-0.2, -0.15) is 0 Å². The number of anilines is 1. The van der Waals surface area contributed by atoms with Gasteiger partial charge >= 0.3 is 0 Å². The number of rotatable bonds is 3. The van der Waals surface area contributed by atoms with E-state index in [4.69, 9.17) is 5.73 Å². The van der Waals surface area contributed by atoms with E-state index >= 15 is 0 Å². The molecule has 0 radical (unpaired) electrons. The second kappa shape index (κ2) is 4.99. The van der Waals surface area contributed by atoms with Crippen molar-refractivity contribution in [3.05, 3.63) is 48.4 Å². The van der Waals surface area contributed by atoms with Gasteiger partial charge in [-0.3, -0.25) is 0 Å². The SMILES string of the molecule is CC(Sc1ccncn1)c1ccc(N)cc1. The van der Waals surface area contributed by atoms with Gasteiger partial charge in [-0.15, -0.1) is 0 Å². The van der Waals surface area contributed by atoms with E-state index in [1.807, 2.05) is 30.3 Å². The molecular formula is C12H13N3S. The zero-order valence-corrected chi connectivity index (χ0v) is 9.82. The molecule has 3 nitrogen and oxygen atoms in total. The molecule has 2 rings (SSSR count). The van der Waals surface area contributed by atoms with Gasteiger partial charge in [-0.05, 0) is 30.7 Å². The molecule has 4 heteroatoms. The van der Waals surface area contributed by atoms with Crippen molar-refractivity contribution >= 4 is 17.4 Å². The normalized spacial score (nSPS) is 12.3. The average molecular weight is 231 g/mol. The molecule has 0 aliphatic rings. The van der Waals surface area contributed by atoms with Crippen LogP contribution in [0.1, 0.15) is 17.7 Å². The molecule has 0 fully saturated rings. The van der Waals surface area contributed by atoms with Crippen LogP contribution in [0.25, 0.3) is 0 Å². The van der Waals surface area contributed by atoms with Gasteiger partial charge in [0.1, 0.15) is 6.33 Å². The molecule has 0 aliphatic carbocycles. The van der Waals surface area contributed by atoms with E-state index < -0.39 is 0 Å². The number of benzene rings is 1. The van der Waals surface area contributed by atoms with Crippen molar-refractivity contribution in [3.63, 3.8) is 0 Å². The first-order valence-corrected chi connectivity index (χ1v) is 5.92. The quantitative estimate of drug-likeness (QED) is 0.501. The Morgan fingerprint density at radius 2 is 1.94 bits per heavy atom. The van der Waals surface area contributed by atoms with Crippen molar-refractivity contribution in [1.82, 2.24) is 9.97 Å². The Morgan fingerprint density at radius 1 is 1.19 bits per heavy atom. The first kappa shape index (κ1) is 11.0. The molecule has 0 saturated heterocycles. The van der Waals surface area contributed by atoms with E-state index in [1.54, 1.807) is 24.3 Å². The highest BCUT2D eigenvalue weighted by Gasteiger charge is 2.07. The predicted octanol–water partition coefficient (Wildman–Crippen LogP) is 2.91. The summed E-state index contributed by atoms with van der Waals surface area (Å²) in [5, 5.41) is 1.34. The minimum atomic E-state index is 0.357. The third-order valence-corrected chi connectivity index (χ3v) is 3.37. The van der Waals surface area contributed by atoms with Gasteiger partial charge in [0.05, 0.1) is 5.03 Å². The average Bonchev–Trinajstić information content (AvgIpc) is 2.31. The van der Waals surface area contributed by atoms with E-state index in [1.165, 1.54) is 5.56 Å². The van der Waals surface area contributed by atoms with Gasteiger partial charge in [0.15, 0.2) is 0 Å². The number of hydrogen-bond acceptors (Lipinski definition) is 4. The van der Waals surface area contributed by atoms with Crippen LogP contribution in [0, 0.1) is 0 Å². The van der Waals surface area contributed by atoms with Crippen LogP contribution >= 0.6 is 11.8 Å². The fraction of sp³-hybridized carbons (Fsp3) is 0.167. The number of nitrogen functional groups attached to an aromatic ring is 1. The van der Waals surface area contributed by atoms with Crippen LogP contribution in [-0.2, 0) is 0 Å². The molecule has 82 valence electrons. The molecule has 1 atom stereocenters. The maximum absolute atomic E-state index is 5.65. The number of hydrogen-bond donors (Lipinski definition) is 1. The molecule has 2 aromatic rings. The van der Waals surface area contributed by atoms with Crippen LogP contribution in [0.3, 0.4) is 0 Å². The molecule has 1 aromatic heterocycles. The number of nitrogens with two attached hydrogens (primary N) is 1. The highest BCUT2D eigenvalue weighted by Crippen LogP contribution is 2.33. The fourth-order valence-electron chi connectivity index (χ4n) is 1.36. The predicted molar refractivity (Wildman–Crippen MR) is 67.2 cm³/mol. The third kappa shape index (κ3) is 2.73. The Morgan fingerprint density at radius 3 is 2.56 bits per heavy atom. The number of nitrogens with zero attached hydrogens (tertiary/aromatic N) is 2. The second-order valence-corrected chi connectivity index (χ2v) is 4.84. The molecule has 0 bridgehead atoms. The number of aromatic nitrogens is 2. The van der Waals surface area contributed by atoms with Gasteiger partial charge in [0, 0.05) is 17.1 Å². The summed E-state index contributed by atoms with van der Waals surface area (Å²) in [5.41, 5.74) is 7.69. The smallest absolute Gasteiger partial charge is 0.116 e. The Kier molecular flexibility index (Phi) is 3.41. The van der Waals surface area contributed by atoms with Crippen LogP contribution in [-0.4, -0.2) is 9.97 Å². The Bertz CT molecular complexity index is 442. The fourth-order valence-corrected chi connectivity index (χ4v) is 2.27. The van der Waals surface area contributed by atoms with Gasteiger partial charge < -0.3 is 5.73 Å². The molecule has 0 aliphatic heterocycles. The van der Waals surface area contributed by atoms with Gasteiger partial charge in [-0.25, -0.2) is 9.97 Å². The highest BCUT2D eigenvalue weighted by atomic mass is 32.2. The minimum absolute atomic E-state index is 0.357. The van der Waals surface area contributed by atoms with Crippen molar-refractivity contribution in [1.29, 1.82) is 0 Å². The first-order chi connectivity index (χ1) is 7.75. The summed E-state index contributed by atoms with van der Waals surface area (Å²) < 4.78 is 0. The summed E-state index contributed by atoms with van der Waals surface area (Å²) in [4.78, 5) is 8.08. The summed E-state index contributed by atoms with van der Waals surface area (Å²) in [6.45, 7) is 2.15. The van der Waals surface area contributed by atoms with Gasteiger partial charge in [0.25, 0.3) is 0 Å². The number of thioether (sulfide) groups is 1. The highest BCUT2D eigenvalue weighted by molar-refractivity contribution is 7.99. The second-order valence-electron chi connectivity index (χ2n) is 3.47. The molecule has 2 N–H and O–H groups in total. The van der Waals surface area contributed by atoms with Gasteiger partial charge in [0.2, 0.25) is 0 Å². The van der Waals surface area contributed by atoms with Crippen LogP contribution in [0.4, 0.5) is 5.69 Å². The van der Waals surface area contributed by atoms with Crippen LogP contribution in [0.2, 0.25) is 0 Å². The monoisotopic (exact) mass is 231 g/mol. The maximum Gasteiger partial charge on any atom is 0.116 e. The Balaban J connectivity index is 2.09. The third-order valence-electron chi connectivity index (χ3n) is 2.26. The maximum atomic E-state index is 5.65. The van der Waals surface area contributed by atoms with Gasteiger partial charge in [-0.1, -0.05) is 23.9 Å². The lowest BCUT2D eigenvalue weighted by molar-refractivity contribution is 1.02. The zero-order valence-electron chi connectivity index (χ0n) is 9.00. The van der Waals surface area contributed by atoms with E-state index in [-0.39, 0.29) is 0 Å². The van der Waals surface area contributed by atoms with Crippen molar-refractivity contribution in [2.45, 2.75) is 17.2 Å². The Labute approximate surface area is 99.1 Å². The van der Waals surface area contributed by atoms with Crippen molar-refractivity contribution in [2.75, 3.05) is 5.73 Å². The molecule has 0 spiro atoms. The minimum Gasteiger partial charge on any atom is -0.399 e. The van der Waals surface area contributed by atoms with E-state index in [2.05, 4.69) is 16.9 Å². The van der Waals surface area contributed by atoms with Crippen molar-refractivity contribution in [3.8, 4) is 0 Å². The van der Waals surface area contributed by atoms with E-state index in [9.17, 15) is 0 Å². The largest absolute Gasteiger partial charge is 0.399 e. The lowest BCUT2D eigenvalue weighted by Gasteiger charge is -2.10. The molecular weight excluding hydrogens is 218 g/mol. The van der Waals surface area contributed by atoms with Crippen LogP contribution in [0.15, 0.2) is 47.9 Å². The molecule has 1 heterocycles. The zero-order chi connectivity index (χ0) is 11.4. The first-order valence-electron chi connectivity index (χ1n) is 5.04. The summed E-state index contributed by atoms with van der Waals surface area (Å²) in [5.74, 6) is 0. The summed E-state index contributed by atoms with van der Waals surface area (Å²) in [6, 6.07) is 9.86. The van der Waals surface area contributed by atoms with Crippen molar-refractivity contribution in [2.24, 2.45) is 0 Å². The van der Waals surface area contributed by atoms with E-state index in [0.29, 0.717) is 5.25 Å². The summed E-state index contributed by atoms with van der Waals surface area (Å²) in [6.07, 6.45) is 3.32. The molecule has 0 amide bonds. The molecule has 0 saturated carbocycles. The van der Waals surface area contributed by atoms with Crippen molar-refractivity contribution < 1.29 is 0 Å². The topological polar surface area (TPSA) is 51.8 Å². The Hall–Kier alpha value is -1.55. The molecule has 16 heavy (non-hydrogen) atoms. The van der Waals surface area contributed by atoms with E-state index in [0.717, 1.165) is 10.7 Å². The molecule has 1 aromatic carbocycles. The standard InChI is InChI=1S/C12H13N3S/c1-9(10-2-4-11(13)5-3-10)16-12-6-7-14-8-15-12/h2-9H,13H2,1H3. The molecule has 1 unspecified atom stereocenters. The summed E-state index contributed by atoms with van der Waals surface area (Å²) in [7, 11) is 0.